The molecule has 0 aromatic carbocycles. The second-order valence-electron chi connectivity index (χ2n) is 4.01. The third-order valence-electron chi connectivity index (χ3n) is 3.03. The van der Waals surface area contributed by atoms with Gasteiger partial charge in [0, 0.05) is 6.04 Å². The van der Waals surface area contributed by atoms with Crippen molar-refractivity contribution in [3.05, 3.63) is 24.2 Å². The summed E-state index contributed by atoms with van der Waals surface area (Å²) in [7, 11) is 0. The third-order valence-corrected chi connectivity index (χ3v) is 3.03. The molecule has 1 heterocycles. The van der Waals surface area contributed by atoms with Crippen LogP contribution in [0.4, 0.5) is 0 Å². The predicted molar refractivity (Wildman–Crippen MR) is 61.1 cm³/mol. The van der Waals surface area contributed by atoms with Gasteiger partial charge in [-0.05, 0) is 25.6 Å². The van der Waals surface area contributed by atoms with Gasteiger partial charge in [-0.3, -0.25) is 9.69 Å². The summed E-state index contributed by atoms with van der Waals surface area (Å²) < 4.78 is 5.27. The molecule has 90 valence electrons. The van der Waals surface area contributed by atoms with Crippen LogP contribution >= 0.6 is 0 Å². The van der Waals surface area contributed by atoms with Crippen molar-refractivity contribution in [2.45, 2.75) is 33.4 Å². The van der Waals surface area contributed by atoms with Crippen LogP contribution in [0.2, 0.25) is 0 Å². The van der Waals surface area contributed by atoms with Crippen molar-refractivity contribution in [2.75, 3.05) is 6.54 Å². The number of furan rings is 1. The molecule has 0 aliphatic heterocycles. The Labute approximate surface area is 95.9 Å². The van der Waals surface area contributed by atoms with Crippen molar-refractivity contribution in [2.24, 2.45) is 5.92 Å². The second-order valence-corrected chi connectivity index (χ2v) is 4.01. The van der Waals surface area contributed by atoms with Gasteiger partial charge in [-0.2, -0.15) is 0 Å². The molecule has 0 saturated heterocycles. The summed E-state index contributed by atoms with van der Waals surface area (Å²) >= 11 is 0. The Morgan fingerprint density at radius 3 is 2.69 bits per heavy atom. The van der Waals surface area contributed by atoms with E-state index in [1.807, 2.05) is 26.0 Å². The van der Waals surface area contributed by atoms with Crippen molar-refractivity contribution in [1.82, 2.24) is 4.90 Å². The van der Waals surface area contributed by atoms with E-state index in [2.05, 4.69) is 4.90 Å². The summed E-state index contributed by atoms with van der Waals surface area (Å²) in [4.78, 5) is 13.0. The topological polar surface area (TPSA) is 53.7 Å². The van der Waals surface area contributed by atoms with Gasteiger partial charge >= 0.3 is 5.97 Å². The maximum absolute atomic E-state index is 10.9. The van der Waals surface area contributed by atoms with Gasteiger partial charge in [0.2, 0.25) is 0 Å². The number of hydrogen-bond acceptors (Lipinski definition) is 3. The first kappa shape index (κ1) is 12.8. The molecule has 2 unspecified atom stereocenters. The Hall–Kier alpha value is -1.29. The molecule has 0 bridgehead atoms. The van der Waals surface area contributed by atoms with Gasteiger partial charge in [0.15, 0.2) is 0 Å². The van der Waals surface area contributed by atoms with Crippen LogP contribution in [0.5, 0.6) is 0 Å². The molecular weight excluding hydrogens is 206 g/mol. The van der Waals surface area contributed by atoms with Gasteiger partial charge in [-0.1, -0.05) is 13.8 Å². The van der Waals surface area contributed by atoms with Crippen molar-refractivity contribution in [3.63, 3.8) is 0 Å². The average Bonchev–Trinajstić information content (AvgIpc) is 2.76. The van der Waals surface area contributed by atoms with Gasteiger partial charge in [-0.25, -0.2) is 0 Å². The van der Waals surface area contributed by atoms with Gasteiger partial charge in [-0.15, -0.1) is 0 Å². The Bertz CT molecular complexity index is 321. The molecule has 0 aliphatic rings. The fraction of sp³-hybridized carbons (Fsp3) is 0.583. The lowest BCUT2D eigenvalue weighted by Crippen LogP contribution is -2.39. The van der Waals surface area contributed by atoms with Crippen molar-refractivity contribution in [1.29, 1.82) is 0 Å². The average molecular weight is 225 g/mol. The fourth-order valence-electron chi connectivity index (χ4n) is 1.67. The van der Waals surface area contributed by atoms with Gasteiger partial charge in [0.05, 0.1) is 18.7 Å². The molecule has 0 amide bonds. The molecule has 0 aliphatic carbocycles. The van der Waals surface area contributed by atoms with Gasteiger partial charge < -0.3 is 9.52 Å². The number of rotatable bonds is 6. The lowest BCUT2D eigenvalue weighted by Gasteiger charge is -2.29. The highest BCUT2D eigenvalue weighted by molar-refractivity contribution is 5.70. The zero-order valence-electron chi connectivity index (χ0n) is 10.0. The van der Waals surface area contributed by atoms with Crippen LogP contribution in [0.15, 0.2) is 22.8 Å². The molecule has 1 aromatic rings. The van der Waals surface area contributed by atoms with E-state index in [1.54, 1.807) is 13.2 Å². The van der Waals surface area contributed by atoms with Crippen LogP contribution < -0.4 is 0 Å². The smallest absolute Gasteiger partial charge is 0.307 e. The maximum Gasteiger partial charge on any atom is 0.307 e. The third kappa shape index (κ3) is 3.10. The molecule has 1 N–H and O–H groups in total. The molecule has 4 heteroatoms. The zero-order chi connectivity index (χ0) is 12.1. The van der Waals surface area contributed by atoms with Crippen LogP contribution in [-0.4, -0.2) is 28.6 Å². The van der Waals surface area contributed by atoms with E-state index in [4.69, 9.17) is 9.52 Å². The normalized spacial score (nSPS) is 15.0. The Kier molecular flexibility index (Phi) is 4.55. The van der Waals surface area contributed by atoms with E-state index in [-0.39, 0.29) is 12.0 Å². The van der Waals surface area contributed by atoms with Crippen LogP contribution in [0.3, 0.4) is 0 Å². The lowest BCUT2D eigenvalue weighted by atomic mass is 10.0. The van der Waals surface area contributed by atoms with E-state index in [0.717, 1.165) is 12.3 Å². The second kappa shape index (κ2) is 5.70. The monoisotopic (exact) mass is 225 g/mol. The summed E-state index contributed by atoms with van der Waals surface area (Å²) in [6, 6.07) is 3.74. The Morgan fingerprint density at radius 1 is 1.56 bits per heavy atom. The SMILES string of the molecule is CCN(Cc1ccco1)C(C)C(C)C(=O)O. The number of aliphatic carboxylic acids is 1. The molecule has 1 rings (SSSR count). The first-order valence-corrected chi connectivity index (χ1v) is 5.55. The zero-order valence-corrected chi connectivity index (χ0v) is 10.0. The standard InChI is InChI=1S/C12H19NO3/c1-4-13(8-11-6-5-7-16-11)10(3)9(2)12(14)15/h5-7,9-10H,4,8H2,1-3H3,(H,14,15). The van der Waals surface area contributed by atoms with E-state index < -0.39 is 5.97 Å². The molecule has 0 saturated carbocycles. The Balaban J connectivity index is 2.63. The highest BCUT2D eigenvalue weighted by atomic mass is 16.4. The summed E-state index contributed by atoms with van der Waals surface area (Å²) in [5, 5.41) is 8.97. The van der Waals surface area contributed by atoms with Gasteiger partial charge in [0.25, 0.3) is 0 Å². The van der Waals surface area contributed by atoms with Crippen LogP contribution in [0.25, 0.3) is 0 Å². The van der Waals surface area contributed by atoms with Crippen molar-refractivity contribution >= 4 is 5.97 Å². The van der Waals surface area contributed by atoms with E-state index >= 15 is 0 Å². The molecular formula is C12H19NO3. The minimum absolute atomic E-state index is 0.00685. The largest absolute Gasteiger partial charge is 0.481 e. The minimum atomic E-state index is -0.759. The van der Waals surface area contributed by atoms with Crippen LogP contribution in [-0.2, 0) is 11.3 Å². The molecule has 4 nitrogen and oxygen atoms in total. The number of carboxylic acids is 1. The van der Waals surface area contributed by atoms with Crippen LogP contribution in [0, 0.1) is 5.92 Å². The first-order chi connectivity index (χ1) is 7.56. The molecule has 2 atom stereocenters. The van der Waals surface area contributed by atoms with E-state index in [9.17, 15) is 4.79 Å². The summed E-state index contributed by atoms with van der Waals surface area (Å²) in [6.45, 7) is 7.15. The van der Waals surface area contributed by atoms with Crippen molar-refractivity contribution in [3.8, 4) is 0 Å². The minimum Gasteiger partial charge on any atom is -0.481 e. The summed E-state index contributed by atoms with van der Waals surface area (Å²) in [6.07, 6.45) is 1.63. The van der Waals surface area contributed by atoms with E-state index in [0.29, 0.717) is 6.54 Å². The van der Waals surface area contributed by atoms with Gasteiger partial charge in [0.1, 0.15) is 5.76 Å². The number of nitrogens with zero attached hydrogens (tertiary/aromatic N) is 1. The van der Waals surface area contributed by atoms with E-state index in [1.165, 1.54) is 0 Å². The molecule has 16 heavy (non-hydrogen) atoms. The lowest BCUT2D eigenvalue weighted by molar-refractivity contribution is -0.143. The maximum atomic E-state index is 10.9. The number of carboxylic acid groups (broad SMARTS) is 1. The summed E-state index contributed by atoms with van der Waals surface area (Å²) in [5.74, 6) is -0.272. The highest BCUT2D eigenvalue weighted by Gasteiger charge is 2.24. The molecule has 0 spiro atoms. The van der Waals surface area contributed by atoms with Crippen molar-refractivity contribution < 1.29 is 14.3 Å². The predicted octanol–water partition coefficient (Wildman–Crippen LogP) is 2.21. The number of carbonyl (C=O) groups is 1. The number of hydrogen-bond donors (Lipinski definition) is 1. The quantitative estimate of drug-likeness (QED) is 0.806. The molecule has 0 fully saturated rings. The highest BCUT2D eigenvalue weighted by Crippen LogP contribution is 2.15. The first-order valence-electron chi connectivity index (χ1n) is 5.55. The van der Waals surface area contributed by atoms with Crippen LogP contribution in [0.1, 0.15) is 26.5 Å². The molecule has 0 radical (unpaired) electrons. The molecule has 1 aromatic heterocycles. The Morgan fingerprint density at radius 2 is 2.25 bits per heavy atom. The fourth-order valence-corrected chi connectivity index (χ4v) is 1.67. The summed E-state index contributed by atoms with van der Waals surface area (Å²) in [5.41, 5.74) is 0.